The number of aromatic nitrogens is 4. The second kappa shape index (κ2) is 9.85. The van der Waals surface area contributed by atoms with Gasteiger partial charge in [0.1, 0.15) is 17.7 Å². The van der Waals surface area contributed by atoms with Crippen LogP contribution in [0.1, 0.15) is 23.9 Å². The fourth-order valence-electron chi connectivity index (χ4n) is 4.55. The van der Waals surface area contributed by atoms with E-state index < -0.39 is 0 Å². The number of amides is 2. The Balaban J connectivity index is 1.34. The van der Waals surface area contributed by atoms with E-state index in [1.165, 1.54) is 6.33 Å². The van der Waals surface area contributed by atoms with Crippen molar-refractivity contribution in [1.82, 2.24) is 29.8 Å². The van der Waals surface area contributed by atoms with Gasteiger partial charge in [0.2, 0.25) is 0 Å². The molecule has 3 aromatic heterocycles. The number of carbonyl (C=O) groups excluding carboxylic acids is 1. The Bertz CT molecular complexity index is 1290. The molecule has 2 unspecified atom stereocenters. The molecule has 0 aromatic carbocycles. The number of allylic oxidation sites excluding steroid dienone is 2. The Morgan fingerprint density at radius 3 is 2.89 bits per heavy atom. The van der Waals surface area contributed by atoms with E-state index in [4.69, 9.17) is 10.5 Å². The molecule has 1 aliphatic heterocycles. The molecule has 1 aliphatic carbocycles. The molecule has 2 atom stereocenters. The average molecular weight is 475 g/mol. The first-order valence-electron chi connectivity index (χ1n) is 11.8. The fourth-order valence-corrected chi connectivity index (χ4v) is 4.55. The lowest BCUT2D eigenvalue weighted by Crippen LogP contribution is -2.41. The normalized spacial score (nSPS) is 20.6. The second-order valence-electron chi connectivity index (χ2n) is 8.97. The molecule has 5 rings (SSSR count). The van der Waals surface area contributed by atoms with Crippen LogP contribution in [-0.4, -0.2) is 62.9 Å². The van der Waals surface area contributed by atoms with Gasteiger partial charge in [0.05, 0.1) is 24.9 Å². The first-order chi connectivity index (χ1) is 17.0. The molecule has 182 valence electrons. The predicted molar refractivity (Wildman–Crippen MR) is 135 cm³/mol. The molecule has 0 saturated carbocycles. The van der Waals surface area contributed by atoms with Crippen LogP contribution in [0.5, 0.6) is 0 Å². The van der Waals surface area contributed by atoms with Gasteiger partial charge in [0.25, 0.3) is 0 Å². The van der Waals surface area contributed by atoms with Crippen LogP contribution in [0, 0.1) is 12.8 Å². The van der Waals surface area contributed by atoms with Gasteiger partial charge in [-0.05, 0) is 36.6 Å². The molecule has 3 aromatic rings. The van der Waals surface area contributed by atoms with Crippen LogP contribution < -0.4 is 16.4 Å². The number of nitrogen functional groups attached to an aromatic ring is 1. The third-order valence-electron chi connectivity index (χ3n) is 6.38. The van der Waals surface area contributed by atoms with E-state index >= 15 is 0 Å². The quantitative estimate of drug-likeness (QED) is 0.519. The van der Waals surface area contributed by atoms with Crippen LogP contribution in [-0.2, 0) is 11.3 Å². The van der Waals surface area contributed by atoms with Gasteiger partial charge >= 0.3 is 6.03 Å². The molecule has 1 fully saturated rings. The SMILES string of the molecule is Cc1cccc(NC(=O)NC2C=CC(c3cc(CN4CCOCC4)n4ncnc(N)c34)=CC2C)n1. The van der Waals surface area contributed by atoms with Gasteiger partial charge in [-0.25, -0.2) is 19.3 Å². The summed E-state index contributed by atoms with van der Waals surface area (Å²) in [5, 5.41) is 10.3. The number of nitrogens with one attached hydrogen (secondary N) is 2. The molecular formula is C25H30N8O2. The Labute approximate surface area is 203 Å². The van der Waals surface area contributed by atoms with Crippen LogP contribution in [0.4, 0.5) is 16.4 Å². The highest BCUT2D eigenvalue weighted by Gasteiger charge is 2.24. The van der Waals surface area contributed by atoms with Crippen LogP contribution in [0.2, 0.25) is 0 Å². The van der Waals surface area contributed by atoms with E-state index in [-0.39, 0.29) is 18.0 Å². The molecule has 2 amide bonds. The van der Waals surface area contributed by atoms with Crippen LogP contribution in [0.3, 0.4) is 0 Å². The number of pyridine rings is 1. The van der Waals surface area contributed by atoms with E-state index in [0.717, 1.165) is 60.9 Å². The van der Waals surface area contributed by atoms with Gasteiger partial charge in [-0.3, -0.25) is 10.2 Å². The fraction of sp³-hybridized carbons (Fsp3) is 0.360. The first kappa shape index (κ1) is 23.0. The summed E-state index contributed by atoms with van der Waals surface area (Å²) >= 11 is 0. The zero-order chi connectivity index (χ0) is 24.4. The van der Waals surface area contributed by atoms with Crippen molar-refractivity contribution in [3.8, 4) is 0 Å². The molecule has 0 radical (unpaired) electrons. The van der Waals surface area contributed by atoms with Gasteiger partial charge in [-0.2, -0.15) is 5.10 Å². The molecule has 4 heterocycles. The molecule has 0 spiro atoms. The topological polar surface area (TPSA) is 123 Å². The average Bonchev–Trinajstić information content (AvgIpc) is 3.20. The van der Waals surface area contributed by atoms with Crippen LogP contribution >= 0.6 is 0 Å². The van der Waals surface area contributed by atoms with Gasteiger partial charge in [0, 0.05) is 30.9 Å². The number of hydrogen-bond donors (Lipinski definition) is 3. The Kier molecular flexibility index (Phi) is 6.47. The van der Waals surface area contributed by atoms with Gasteiger partial charge in [0.15, 0.2) is 5.82 Å². The minimum Gasteiger partial charge on any atom is -0.382 e. The van der Waals surface area contributed by atoms with Crippen molar-refractivity contribution < 1.29 is 9.53 Å². The third-order valence-corrected chi connectivity index (χ3v) is 6.38. The molecule has 35 heavy (non-hydrogen) atoms. The maximum absolute atomic E-state index is 12.5. The highest BCUT2D eigenvalue weighted by atomic mass is 16.5. The zero-order valence-corrected chi connectivity index (χ0v) is 19.9. The second-order valence-corrected chi connectivity index (χ2v) is 8.97. The van der Waals surface area contributed by atoms with Gasteiger partial charge in [-0.1, -0.05) is 31.2 Å². The Morgan fingerprint density at radius 1 is 1.29 bits per heavy atom. The highest BCUT2D eigenvalue weighted by molar-refractivity contribution is 5.91. The smallest absolute Gasteiger partial charge is 0.320 e. The van der Waals surface area contributed by atoms with E-state index in [1.54, 1.807) is 6.07 Å². The van der Waals surface area contributed by atoms with Crippen LogP contribution in [0.25, 0.3) is 11.1 Å². The van der Waals surface area contributed by atoms with Crippen molar-refractivity contribution in [3.05, 3.63) is 65.8 Å². The van der Waals surface area contributed by atoms with Crippen molar-refractivity contribution in [2.75, 3.05) is 37.4 Å². The number of carbonyl (C=O) groups is 1. The lowest BCUT2D eigenvalue weighted by Gasteiger charge is -2.26. The van der Waals surface area contributed by atoms with E-state index in [0.29, 0.717) is 11.6 Å². The summed E-state index contributed by atoms with van der Waals surface area (Å²) in [5.41, 5.74) is 11.0. The van der Waals surface area contributed by atoms with Crippen LogP contribution in [0.15, 0.2) is 48.8 Å². The number of aryl methyl sites for hydroxylation is 1. The minimum atomic E-state index is -0.291. The van der Waals surface area contributed by atoms with Crippen molar-refractivity contribution >= 4 is 28.8 Å². The standard InChI is InChI=1S/C25H30N8O2/c1-16-12-18(6-7-21(16)30-25(34)31-22-5-3-4-17(2)29-22)20-13-19(14-32-8-10-35-11-9-32)33-23(20)24(26)27-15-28-33/h3-7,12-13,15-16,21H,8-11,14H2,1-2H3,(H2,26,27,28)(H2,29,30,31,34). The van der Waals surface area contributed by atoms with E-state index in [1.807, 2.05) is 35.7 Å². The molecular weight excluding hydrogens is 444 g/mol. The predicted octanol–water partition coefficient (Wildman–Crippen LogP) is 2.63. The molecule has 1 saturated heterocycles. The zero-order valence-electron chi connectivity index (χ0n) is 19.9. The molecule has 2 aliphatic rings. The number of nitrogens with zero attached hydrogens (tertiary/aromatic N) is 5. The lowest BCUT2D eigenvalue weighted by molar-refractivity contribution is 0.0334. The molecule has 10 nitrogen and oxygen atoms in total. The highest BCUT2D eigenvalue weighted by Crippen LogP contribution is 2.32. The summed E-state index contributed by atoms with van der Waals surface area (Å²) in [6, 6.07) is 7.21. The summed E-state index contributed by atoms with van der Waals surface area (Å²) in [4.78, 5) is 23.4. The number of rotatable bonds is 5. The Hall–Kier alpha value is -3.76. The number of hydrogen-bond acceptors (Lipinski definition) is 7. The summed E-state index contributed by atoms with van der Waals surface area (Å²) in [5.74, 6) is 1.03. The summed E-state index contributed by atoms with van der Waals surface area (Å²) < 4.78 is 7.37. The van der Waals surface area contributed by atoms with Crippen molar-refractivity contribution in [2.24, 2.45) is 5.92 Å². The van der Waals surface area contributed by atoms with E-state index in [9.17, 15) is 4.79 Å². The maximum atomic E-state index is 12.5. The number of nitrogens with two attached hydrogens (primary N) is 1. The van der Waals surface area contributed by atoms with Crippen molar-refractivity contribution in [3.63, 3.8) is 0 Å². The summed E-state index contributed by atoms with van der Waals surface area (Å²) in [6.45, 7) is 7.96. The van der Waals surface area contributed by atoms with Gasteiger partial charge in [-0.15, -0.1) is 0 Å². The monoisotopic (exact) mass is 474 g/mol. The van der Waals surface area contributed by atoms with E-state index in [2.05, 4.69) is 49.7 Å². The maximum Gasteiger partial charge on any atom is 0.320 e. The molecule has 10 heteroatoms. The summed E-state index contributed by atoms with van der Waals surface area (Å²) in [6.07, 6.45) is 7.67. The lowest BCUT2D eigenvalue weighted by atomic mass is 9.90. The number of anilines is 2. The number of morpholine rings is 1. The number of urea groups is 1. The minimum absolute atomic E-state index is 0.0646. The molecule has 4 N–H and O–H groups in total. The third kappa shape index (κ3) is 5.03. The summed E-state index contributed by atoms with van der Waals surface area (Å²) in [7, 11) is 0. The first-order valence-corrected chi connectivity index (χ1v) is 11.8. The van der Waals surface area contributed by atoms with Gasteiger partial charge < -0.3 is 15.8 Å². The largest absolute Gasteiger partial charge is 0.382 e. The number of fused-ring (bicyclic) bond motifs is 1. The molecule has 0 bridgehead atoms. The number of ether oxygens (including phenoxy) is 1. The van der Waals surface area contributed by atoms with Crippen molar-refractivity contribution in [2.45, 2.75) is 26.4 Å². The van der Waals surface area contributed by atoms with Crippen molar-refractivity contribution in [1.29, 1.82) is 0 Å². The Morgan fingerprint density at radius 2 is 2.11 bits per heavy atom.